The molecule has 1 aromatic heterocycles. The minimum absolute atomic E-state index is 0.0961. The van der Waals surface area contributed by atoms with Crippen molar-refractivity contribution in [3.05, 3.63) is 11.3 Å². The van der Waals surface area contributed by atoms with Gasteiger partial charge < -0.3 is 5.32 Å². The number of anilines is 1. The van der Waals surface area contributed by atoms with Crippen LogP contribution in [0.25, 0.3) is 0 Å². The average molecular weight is 380 g/mol. The van der Waals surface area contributed by atoms with Crippen molar-refractivity contribution in [3.8, 4) is 0 Å². The topological polar surface area (TPSA) is 64.0 Å². The predicted octanol–water partition coefficient (Wildman–Crippen LogP) is 4.34. The van der Waals surface area contributed by atoms with Gasteiger partial charge in [0.05, 0.1) is 22.7 Å². The Morgan fingerprint density at radius 2 is 1.92 bits per heavy atom. The zero-order valence-electron chi connectivity index (χ0n) is 16.6. The molecule has 2 heterocycles. The van der Waals surface area contributed by atoms with E-state index in [0.29, 0.717) is 11.5 Å². The number of unbranched alkanes of at least 4 members (excludes halogenated alkanes) is 1. The maximum atomic E-state index is 12.9. The molecule has 0 spiro atoms. The molecule has 0 aromatic carbocycles. The molecule has 1 N–H and O–H groups in total. The molecule has 5 nitrogen and oxygen atoms in total. The van der Waals surface area contributed by atoms with Crippen LogP contribution in [0.1, 0.15) is 83.9 Å². The molecule has 146 valence electrons. The molecule has 6 heteroatoms. The molecule has 1 amide bonds. The van der Waals surface area contributed by atoms with Gasteiger partial charge in [-0.05, 0) is 52.4 Å². The molecule has 0 unspecified atom stereocenters. The molecule has 1 aromatic rings. The summed E-state index contributed by atoms with van der Waals surface area (Å²) in [5.74, 6) is 2.79. The Balaban J connectivity index is 1.69. The van der Waals surface area contributed by atoms with E-state index in [4.69, 9.17) is 0 Å². The van der Waals surface area contributed by atoms with Crippen molar-refractivity contribution in [1.29, 1.82) is 0 Å². The van der Waals surface area contributed by atoms with Gasteiger partial charge in [0, 0.05) is 22.3 Å². The molecule has 2 aliphatic rings. The average Bonchev–Trinajstić information content (AvgIpc) is 3.10. The van der Waals surface area contributed by atoms with Crippen LogP contribution in [0.15, 0.2) is 0 Å². The number of rotatable bonds is 5. The Labute approximate surface area is 159 Å². The zero-order valence-corrected chi connectivity index (χ0v) is 17.5. The lowest BCUT2D eigenvalue weighted by Gasteiger charge is -2.29. The molecule has 1 saturated carbocycles. The van der Waals surface area contributed by atoms with E-state index < -0.39 is 10.8 Å². The highest BCUT2D eigenvalue weighted by Gasteiger charge is 2.33. The lowest BCUT2D eigenvalue weighted by atomic mass is 9.79. The van der Waals surface area contributed by atoms with Crippen LogP contribution in [0.4, 0.5) is 5.82 Å². The van der Waals surface area contributed by atoms with Crippen LogP contribution in [0.2, 0.25) is 0 Å². The van der Waals surface area contributed by atoms with Gasteiger partial charge in [-0.15, -0.1) is 0 Å². The molecule has 26 heavy (non-hydrogen) atoms. The Hall–Kier alpha value is -1.17. The van der Waals surface area contributed by atoms with Crippen molar-refractivity contribution in [2.24, 2.45) is 11.8 Å². The molecule has 1 atom stereocenters. The van der Waals surface area contributed by atoms with Gasteiger partial charge in [0.15, 0.2) is 0 Å². The molecule has 1 aliphatic heterocycles. The van der Waals surface area contributed by atoms with Gasteiger partial charge in [0.1, 0.15) is 5.82 Å². The molecule has 0 bridgehead atoms. The third-order valence-electron chi connectivity index (χ3n) is 5.73. The smallest absolute Gasteiger partial charge is 0.228 e. The maximum Gasteiger partial charge on any atom is 0.228 e. The SMILES string of the molecule is CCCCC1CCC(C(=O)Nc2c3c(nn2C(C)(C)C)C[S@](=O)C3)CC1. The number of fused-ring (bicyclic) bond motifs is 1. The second-order valence-electron chi connectivity index (χ2n) is 8.93. The second kappa shape index (κ2) is 7.83. The molecular formula is C20H33N3O2S. The lowest BCUT2D eigenvalue weighted by Crippen LogP contribution is -2.31. The van der Waals surface area contributed by atoms with E-state index in [-0.39, 0.29) is 17.4 Å². The Bertz CT molecular complexity index is 682. The number of hydrogen-bond acceptors (Lipinski definition) is 3. The number of amides is 1. The summed E-state index contributed by atoms with van der Waals surface area (Å²) in [6.07, 6.45) is 8.16. The number of nitrogens with one attached hydrogen (secondary N) is 1. The van der Waals surface area contributed by atoms with Crippen LogP contribution < -0.4 is 5.32 Å². The summed E-state index contributed by atoms with van der Waals surface area (Å²) in [6, 6.07) is 0. The van der Waals surface area contributed by atoms with E-state index in [9.17, 15) is 9.00 Å². The van der Waals surface area contributed by atoms with Crippen LogP contribution in [0.3, 0.4) is 0 Å². The van der Waals surface area contributed by atoms with Gasteiger partial charge in [-0.3, -0.25) is 9.00 Å². The summed E-state index contributed by atoms with van der Waals surface area (Å²) >= 11 is 0. The normalized spacial score (nSPS) is 25.9. The molecule has 1 aliphatic carbocycles. The van der Waals surface area contributed by atoms with Crippen molar-refractivity contribution in [1.82, 2.24) is 9.78 Å². The van der Waals surface area contributed by atoms with Gasteiger partial charge in [-0.2, -0.15) is 5.10 Å². The van der Waals surface area contributed by atoms with Crippen LogP contribution in [-0.2, 0) is 32.6 Å². The number of aromatic nitrogens is 2. The highest BCUT2D eigenvalue weighted by molar-refractivity contribution is 7.83. The first-order chi connectivity index (χ1) is 12.3. The second-order valence-corrected chi connectivity index (χ2v) is 10.4. The Morgan fingerprint density at radius 3 is 2.54 bits per heavy atom. The fraction of sp³-hybridized carbons (Fsp3) is 0.800. The minimum Gasteiger partial charge on any atom is -0.310 e. The highest BCUT2D eigenvalue weighted by Crippen LogP contribution is 2.35. The van der Waals surface area contributed by atoms with Crippen molar-refractivity contribution >= 4 is 22.5 Å². The first kappa shape index (κ1) is 19.6. The van der Waals surface area contributed by atoms with Crippen LogP contribution >= 0.6 is 0 Å². The van der Waals surface area contributed by atoms with E-state index >= 15 is 0 Å². The van der Waals surface area contributed by atoms with Crippen molar-refractivity contribution in [2.75, 3.05) is 5.32 Å². The Kier molecular flexibility index (Phi) is 5.90. The quantitative estimate of drug-likeness (QED) is 0.828. The van der Waals surface area contributed by atoms with Crippen molar-refractivity contribution < 1.29 is 9.00 Å². The first-order valence-corrected chi connectivity index (χ1v) is 11.6. The third kappa shape index (κ3) is 4.21. The number of hydrogen-bond donors (Lipinski definition) is 1. The zero-order chi connectivity index (χ0) is 18.9. The van der Waals surface area contributed by atoms with Crippen molar-refractivity contribution in [2.45, 2.75) is 89.7 Å². The standard InChI is InChI=1S/C20H33N3O2S/c1-5-6-7-14-8-10-15(11-9-14)19(24)21-18-16-12-26(25)13-17(16)22-23(18)20(2,3)4/h14-15H,5-13H2,1-4H3,(H,21,24)/t14?,15?,26-/m1/s1. The van der Waals surface area contributed by atoms with E-state index in [1.54, 1.807) is 0 Å². The van der Waals surface area contributed by atoms with Gasteiger partial charge in [0.25, 0.3) is 0 Å². The largest absolute Gasteiger partial charge is 0.310 e. The summed E-state index contributed by atoms with van der Waals surface area (Å²) in [5.41, 5.74) is 1.65. The summed E-state index contributed by atoms with van der Waals surface area (Å²) < 4.78 is 13.8. The summed E-state index contributed by atoms with van der Waals surface area (Å²) in [4.78, 5) is 12.9. The van der Waals surface area contributed by atoms with Crippen molar-refractivity contribution in [3.63, 3.8) is 0 Å². The van der Waals surface area contributed by atoms with Gasteiger partial charge in [-0.1, -0.05) is 26.2 Å². The lowest BCUT2D eigenvalue weighted by molar-refractivity contribution is -0.121. The van der Waals surface area contributed by atoms with Crippen LogP contribution in [0, 0.1) is 11.8 Å². The molecular weight excluding hydrogens is 346 g/mol. The highest BCUT2D eigenvalue weighted by atomic mass is 32.2. The van der Waals surface area contributed by atoms with E-state index in [1.165, 1.54) is 32.1 Å². The minimum atomic E-state index is -0.888. The monoisotopic (exact) mass is 379 g/mol. The molecule has 1 fully saturated rings. The molecule has 0 radical (unpaired) electrons. The van der Waals surface area contributed by atoms with E-state index in [1.807, 2.05) is 4.68 Å². The number of nitrogens with zero attached hydrogens (tertiary/aromatic N) is 2. The fourth-order valence-electron chi connectivity index (χ4n) is 4.17. The van der Waals surface area contributed by atoms with E-state index in [2.05, 4.69) is 38.1 Å². The summed E-state index contributed by atoms with van der Waals surface area (Å²) in [5, 5.41) is 7.84. The third-order valence-corrected chi connectivity index (χ3v) is 6.94. The predicted molar refractivity (Wildman–Crippen MR) is 106 cm³/mol. The van der Waals surface area contributed by atoms with Gasteiger partial charge in [-0.25, -0.2) is 4.68 Å². The number of carbonyl (C=O) groups excluding carboxylic acids is 1. The first-order valence-electron chi connectivity index (χ1n) is 10.1. The van der Waals surface area contributed by atoms with Gasteiger partial charge in [0.2, 0.25) is 5.91 Å². The summed E-state index contributed by atoms with van der Waals surface area (Å²) in [6.45, 7) is 8.49. The van der Waals surface area contributed by atoms with Gasteiger partial charge >= 0.3 is 0 Å². The van der Waals surface area contributed by atoms with E-state index in [0.717, 1.165) is 35.8 Å². The molecule has 3 rings (SSSR count). The van der Waals surface area contributed by atoms with Crippen LogP contribution in [-0.4, -0.2) is 19.9 Å². The fourth-order valence-corrected chi connectivity index (χ4v) is 5.43. The Morgan fingerprint density at radius 1 is 1.23 bits per heavy atom. The maximum absolute atomic E-state index is 12.9. The molecule has 0 saturated heterocycles. The number of carbonyl (C=O) groups is 1. The van der Waals surface area contributed by atoms with Crippen LogP contribution in [0.5, 0.6) is 0 Å². The summed E-state index contributed by atoms with van der Waals surface area (Å²) in [7, 11) is -0.888.